The van der Waals surface area contributed by atoms with E-state index in [-0.39, 0.29) is 30.1 Å². The Morgan fingerprint density at radius 2 is 2.08 bits per heavy atom. The van der Waals surface area contributed by atoms with Gasteiger partial charge in [0.15, 0.2) is 17.3 Å². The number of halogens is 1. The maximum atomic E-state index is 12.2. The predicted molar refractivity (Wildman–Crippen MR) is 90.1 cm³/mol. The lowest BCUT2D eigenvalue weighted by Gasteiger charge is -2.38. The highest BCUT2D eigenvalue weighted by Crippen LogP contribution is 2.38. The van der Waals surface area contributed by atoms with Gasteiger partial charge in [0.05, 0.1) is 24.3 Å². The highest BCUT2D eigenvalue weighted by molar-refractivity contribution is 9.10. The van der Waals surface area contributed by atoms with Gasteiger partial charge in [0, 0.05) is 13.1 Å². The third kappa shape index (κ3) is 3.04. The van der Waals surface area contributed by atoms with Crippen LogP contribution in [0.1, 0.15) is 35.9 Å². The third-order valence-electron chi connectivity index (χ3n) is 4.69. The maximum absolute atomic E-state index is 12.2. The van der Waals surface area contributed by atoms with Gasteiger partial charge in [0.1, 0.15) is 11.2 Å². The van der Waals surface area contributed by atoms with Gasteiger partial charge in [0.25, 0.3) is 0 Å². The Hall–Kier alpha value is -1.54. The predicted octanol–water partition coefficient (Wildman–Crippen LogP) is 1.91. The van der Waals surface area contributed by atoms with Crippen molar-refractivity contribution >= 4 is 33.5 Å². The van der Waals surface area contributed by atoms with E-state index in [0.717, 1.165) is 0 Å². The number of carbonyl (C=O) groups excluding carboxylic acids is 2. The lowest BCUT2D eigenvalue weighted by atomic mass is 9.77. The molecule has 2 saturated heterocycles. The van der Waals surface area contributed by atoms with Crippen LogP contribution in [0.3, 0.4) is 0 Å². The molecule has 0 N–H and O–H groups in total. The molecule has 0 saturated carbocycles. The van der Waals surface area contributed by atoms with Crippen LogP contribution in [-0.4, -0.2) is 54.6 Å². The van der Waals surface area contributed by atoms with E-state index in [0.29, 0.717) is 48.7 Å². The van der Waals surface area contributed by atoms with Crippen LogP contribution in [-0.2, 0) is 14.3 Å². The molecule has 1 aromatic rings. The second-order valence-corrected chi connectivity index (χ2v) is 6.93. The van der Waals surface area contributed by atoms with Crippen LogP contribution in [0.4, 0.5) is 5.82 Å². The van der Waals surface area contributed by atoms with Gasteiger partial charge in [-0.1, -0.05) is 0 Å². The lowest BCUT2D eigenvalue weighted by Crippen LogP contribution is -2.45. The Morgan fingerprint density at radius 3 is 2.67 bits per heavy atom. The summed E-state index contributed by atoms with van der Waals surface area (Å²) in [6.07, 6.45) is 1.40. The normalized spacial score (nSPS) is 19.8. The fraction of sp³-hybridized carbons (Fsp3) is 0.625. The van der Waals surface area contributed by atoms with Gasteiger partial charge in [-0.3, -0.25) is 4.79 Å². The van der Waals surface area contributed by atoms with Gasteiger partial charge in [-0.05, 0) is 42.6 Å². The van der Waals surface area contributed by atoms with Gasteiger partial charge in [0.2, 0.25) is 0 Å². The number of rotatable bonds is 3. The van der Waals surface area contributed by atoms with Crippen molar-refractivity contribution in [2.45, 2.75) is 26.7 Å². The first kappa shape index (κ1) is 17.3. The largest absolute Gasteiger partial charge is 0.461 e. The molecule has 2 aliphatic heterocycles. The second-order valence-electron chi connectivity index (χ2n) is 6.18. The van der Waals surface area contributed by atoms with Crippen LogP contribution >= 0.6 is 15.9 Å². The van der Waals surface area contributed by atoms with Gasteiger partial charge < -0.3 is 14.4 Å². The molecule has 7 nitrogen and oxygen atoms in total. The van der Waals surface area contributed by atoms with Crippen molar-refractivity contribution in [2.24, 2.45) is 5.41 Å². The summed E-state index contributed by atoms with van der Waals surface area (Å²) in [5.41, 5.74) is 0.552. The van der Waals surface area contributed by atoms with E-state index >= 15 is 0 Å². The summed E-state index contributed by atoms with van der Waals surface area (Å²) < 4.78 is 11.0. The van der Waals surface area contributed by atoms with Crippen molar-refractivity contribution in [1.82, 2.24) is 9.97 Å². The molecule has 0 aliphatic carbocycles. The van der Waals surface area contributed by atoms with E-state index in [1.165, 1.54) is 0 Å². The molecule has 24 heavy (non-hydrogen) atoms. The quantitative estimate of drug-likeness (QED) is 0.720. The van der Waals surface area contributed by atoms with Crippen LogP contribution in [0.25, 0.3) is 0 Å². The minimum Gasteiger partial charge on any atom is -0.461 e. The number of aryl methyl sites for hydroxylation is 1. The number of ketones is 1. The molecule has 0 radical (unpaired) electrons. The summed E-state index contributed by atoms with van der Waals surface area (Å²) in [4.78, 5) is 35.2. The van der Waals surface area contributed by atoms with Crippen molar-refractivity contribution < 1.29 is 19.1 Å². The summed E-state index contributed by atoms with van der Waals surface area (Å²) >= 11 is 3.32. The Bertz CT molecular complexity index is 672. The number of carbonyl (C=O) groups is 2. The number of aromatic nitrogens is 2. The standard InChI is InChI=1S/C16H20BrN3O4/c1-3-24-15(22)12-14(18-10(2)13(17)19-12)20-6-4-16(5-7-20)9-23-8-11(16)21/h3-9H2,1-2H3. The first-order chi connectivity index (χ1) is 11.5. The minimum atomic E-state index is -0.485. The number of esters is 1. The molecule has 130 valence electrons. The van der Waals surface area contributed by atoms with E-state index < -0.39 is 5.97 Å². The number of anilines is 1. The van der Waals surface area contributed by atoms with Crippen molar-refractivity contribution in [3.8, 4) is 0 Å². The zero-order chi connectivity index (χ0) is 17.3. The first-order valence-corrected chi connectivity index (χ1v) is 8.83. The fourth-order valence-electron chi connectivity index (χ4n) is 3.19. The van der Waals surface area contributed by atoms with Crippen LogP contribution in [0, 0.1) is 12.3 Å². The number of nitrogens with zero attached hydrogens (tertiary/aromatic N) is 3. The van der Waals surface area contributed by atoms with Gasteiger partial charge in [-0.25, -0.2) is 14.8 Å². The zero-order valence-electron chi connectivity index (χ0n) is 13.8. The highest BCUT2D eigenvalue weighted by atomic mass is 79.9. The molecule has 1 spiro atoms. The van der Waals surface area contributed by atoms with E-state index in [2.05, 4.69) is 25.9 Å². The van der Waals surface area contributed by atoms with Crippen LogP contribution in [0.5, 0.6) is 0 Å². The number of hydrogen-bond donors (Lipinski definition) is 0. The number of hydrogen-bond acceptors (Lipinski definition) is 7. The van der Waals surface area contributed by atoms with Crippen molar-refractivity contribution in [2.75, 3.05) is 37.8 Å². The molecule has 2 fully saturated rings. The van der Waals surface area contributed by atoms with Crippen LogP contribution < -0.4 is 4.90 Å². The van der Waals surface area contributed by atoms with Crippen molar-refractivity contribution in [3.05, 3.63) is 16.0 Å². The zero-order valence-corrected chi connectivity index (χ0v) is 15.4. The average Bonchev–Trinajstić information content (AvgIpc) is 2.91. The molecule has 0 unspecified atom stereocenters. The van der Waals surface area contributed by atoms with Crippen molar-refractivity contribution in [3.63, 3.8) is 0 Å². The molecule has 3 rings (SSSR count). The Morgan fingerprint density at radius 1 is 1.38 bits per heavy atom. The van der Waals surface area contributed by atoms with Gasteiger partial charge >= 0.3 is 5.97 Å². The molecule has 1 aromatic heterocycles. The van der Waals surface area contributed by atoms with Gasteiger partial charge in [-0.15, -0.1) is 0 Å². The SMILES string of the molecule is CCOC(=O)c1nc(Br)c(C)nc1N1CCC2(CC1)COCC2=O. The number of Topliss-reactive ketones (excluding diaryl/α,β-unsaturated/α-hetero) is 1. The first-order valence-electron chi connectivity index (χ1n) is 8.04. The average molecular weight is 398 g/mol. The summed E-state index contributed by atoms with van der Waals surface area (Å²) in [5.74, 6) is 0.225. The van der Waals surface area contributed by atoms with Crippen LogP contribution in [0.2, 0.25) is 0 Å². The van der Waals surface area contributed by atoms with E-state index in [4.69, 9.17) is 9.47 Å². The molecule has 0 amide bonds. The summed E-state index contributed by atoms with van der Waals surface area (Å²) in [6.45, 7) is 5.84. The molecule has 0 bridgehead atoms. The molecule has 8 heteroatoms. The molecular formula is C16H20BrN3O4. The molecule has 3 heterocycles. The number of piperidine rings is 1. The van der Waals surface area contributed by atoms with Crippen LogP contribution in [0.15, 0.2) is 4.60 Å². The minimum absolute atomic E-state index is 0.186. The Labute approximate surface area is 148 Å². The van der Waals surface area contributed by atoms with E-state index in [1.54, 1.807) is 6.92 Å². The topological polar surface area (TPSA) is 81.6 Å². The smallest absolute Gasteiger partial charge is 0.360 e. The van der Waals surface area contributed by atoms with Crippen molar-refractivity contribution in [1.29, 1.82) is 0 Å². The monoisotopic (exact) mass is 397 g/mol. The second kappa shape index (κ2) is 6.76. The summed E-state index contributed by atoms with van der Waals surface area (Å²) in [6, 6.07) is 0. The lowest BCUT2D eigenvalue weighted by molar-refractivity contribution is -0.125. The number of ether oxygens (including phenoxy) is 2. The molecule has 0 atom stereocenters. The summed E-state index contributed by atoms with van der Waals surface area (Å²) in [7, 11) is 0. The highest BCUT2D eigenvalue weighted by Gasteiger charge is 2.45. The Balaban J connectivity index is 1.85. The maximum Gasteiger partial charge on any atom is 0.360 e. The Kier molecular flexibility index (Phi) is 4.87. The summed E-state index contributed by atoms with van der Waals surface area (Å²) in [5, 5.41) is 0. The molecule has 2 aliphatic rings. The van der Waals surface area contributed by atoms with E-state index in [9.17, 15) is 9.59 Å². The molecule has 0 aromatic carbocycles. The third-order valence-corrected chi connectivity index (χ3v) is 5.44. The van der Waals surface area contributed by atoms with E-state index in [1.807, 2.05) is 11.8 Å². The van der Waals surface area contributed by atoms with Gasteiger partial charge in [-0.2, -0.15) is 0 Å². The fourth-order valence-corrected chi connectivity index (χ4v) is 3.45. The molecular weight excluding hydrogens is 378 g/mol.